The standard InChI is InChI=1S/C15H21FO2/c1-11(2)9-10-15(3,14(17)18-4)12-5-7-13(16)8-6-12/h5-8,11H,9-10H2,1-4H3. The number of rotatable bonds is 5. The Hall–Kier alpha value is -1.38. The SMILES string of the molecule is COC(=O)C(C)(CCC(C)C)c1ccc(F)cc1. The van der Waals surface area contributed by atoms with Gasteiger partial charge in [-0.1, -0.05) is 26.0 Å². The Morgan fingerprint density at radius 2 is 1.89 bits per heavy atom. The number of hydrogen-bond acceptors (Lipinski definition) is 2. The summed E-state index contributed by atoms with van der Waals surface area (Å²) in [4.78, 5) is 12.0. The zero-order valence-electron chi connectivity index (χ0n) is 11.5. The molecule has 18 heavy (non-hydrogen) atoms. The van der Waals surface area contributed by atoms with Crippen molar-refractivity contribution in [3.8, 4) is 0 Å². The molecule has 3 heteroatoms. The molecule has 2 nitrogen and oxygen atoms in total. The first-order chi connectivity index (χ1) is 8.40. The third kappa shape index (κ3) is 3.31. The predicted octanol–water partition coefficient (Wildman–Crippen LogP) is 3.69. The van der Waals surface area contributed by atoms with Gasteiger partial charge in [0.15, 0.2) is 0 Å². The molecule has 0 bridgehead atoms. The highest BCUT2D eigenvalue weighted by Crippen LogP contribution is 2.32. The van der Waals surface area contributed by atoms with Crippen LogP contribution in [0, 0.1) is 11.7 Å². The lowest BCUT2D eigenvalue weighted by Crippen LogP contribution is -2.34. The van der Waals surface area contributed by atoms with Gasteiger partial charge in [0.2, 0.25) is 0 Å². The molecular formula is C15H21FO2. The van der Waals surface area contributed by atoms with Gasteiger partial charge in [-0.15, -0.1) is 0 Å². The van der Waals surface area contributed by atoms with E-state index >= 15 is 0 Å². The summed E-state index contributed by atoms with van der Waals surface area (Å²) in [7, 11) is 1.39. The van der Waals surface area contributed by atoms with Gasteiger partial charge in [-0.3, -0.25) is 4.79 Å². The lowest BCUT2D eigenvalue weighted by molar-refractivity contribution is -0.147. The minimum Gasteiger partial charge on any atom is -0.468 e. The van der Waals surface area contributed by atoms with Gasteiger partial charge in [-0.25, -0.2) is 4.39 Å². The summed E-state index contributed by atoms with van der Waals surface area (Å²) in [6, 6.07) is 6.08. The van der Waals surface area contributed by atoms with Crippen LogP contribution in [0.5, 0.6) is 0 Å². The van der Waals surface area contributed by atoms with E-state index in [0.29, 0.717) is 12.3 Å². The molecule has 0 fully saturated rings. The maximum absolute atomic E-state index is 13.0. The first-order valence-corrected chi connectivity index (χ1v) is 6.24. The van der Waals surface area contributed by atoms with E-state index in [1.165, 1.54) is 19.2 Å². The van der Waals surface area contributed by atoms with Crippen LogP contribution in [0.4, 0.5) is 4.39 Å². The normalized spacial score (nSPS) is 14.3. The fourth-order valence-electron chi connectivity index (χ4n) is 1.98. The molecule has 1 unspecified atom stereocenters. The fourth-order valence-corrected chi connectivity index (χ4v) is 1.98. The average molecular weight is 252 g/mol. The van der Waals surface area contributed by atoms with Crippen LogP contribution in [0.2, 0.25) is 0 Å². The molecule has 0 aliphatic heterocycles. The highest BCUT2D eigenvalue weighted by molar-refractivity contribution is 5.82. The highest BCUT2D eigenvalue weighted by Gasteiger charge is 2.36. The maximum Gasteiger partial charge on any atom is 0.315 e. The number of esters is 1. The summed E-state index contributed by atoms with van der Waals surface area (Å²) >= 11 is 0. The van der Waals surface area contributed by atoms with Gasteiger partial charge in [0.25, 0.3) is 0 Å². The van der Waals surface area contributed by atoms with Crippen molar-refractivity contribution in [3.05, 3.63) is 35.6 Å². The van der Waals surface area contributed by atoms with Gasteiger partial charge >= 0.3 is 5.97 Å². The molecule has 0 aromatic heterocycles. The number of halogens is 1. The van der Waals surface area contributed by atoms with Crippen LogP contribution >= 0.6 is 0 Å². The number of benzene rings is 1. The number of ether oxygens (including phenoxy) is 1. The molecule has 1 atom stereocenters. The Morgan fingerprint density at radius 1 is 1.33 bits per heavy atom. The molecule has 100 valence electrons. The second-order valence-corrected chi connectivity index (χ2v) is 5.26. The molecule has 0 radical (unpaired) electrons. The zero-order valence-corrected chi connectivity index (χ0v) is 11.5. The highest BCUT2D eigenvalue weighted by atomic mass is 19.1. The summed E-state index contributed by atoms with van der Waals surface area (Å²) in [5, 5.41) is 0. The Kier molecular flexibility index (Phi) is 4.88. The van der Waals surface area contributed by atoms with E-state index in [1.807, 2.05) is 6.92 Å². The van der Waals surface area contributed by atoms with E-state index in [0.717, 1.165) is 12.0 Å². The molecular weight excluding hydrogens is 231 g/mol. The third-order valence-corrected chi connectivity index (χ3v) is 3.34. The largest absolute Gasteiger partial charge is 0.468 e. The summed E-state index contributed by atoms with van der Waals surface area (Å²) in [6.45, 7) is 6.08. The van der Waals surface area contributed by atoms with Crippen molar-refractivity contribution in [3.63, 3.8) is 0 Å². The second-order valence-electron chi connectivity index (χ2n) is 5.26. The number of carbonyl (C=O) groups is 1. The van der Waals surface area contributed by atoms with E-state index in [4.69, 9.17) is 4.74 Å². The van der Waals surface area contributed by atoms with Crippen LogP contribution in [0.25, 0.3) is 0 Å². The van der Waals surface area contributed by atoms with Gasteiger partial charge in [0.1, 0.15) is 5.82 Å². The molecule has 1 aromatic rings. The Morgan fingerprint density at radius 3 is 2.33 bits per heavy atom. The predicted molar refractivity (Wildman–Crippen MR) is 69.8 cm³/mol. The Bertz CT molecular complexity index is 397. The number of hydrogen-bond donors (Lipinski definition) is 0. The molecule has 0 heterocycles. The molecule has 0 aliphatic rings. The minimum atomic E-state index is -0.702. The molecule has 0 amide bonds. The first-order valence-electron chi connectivity index (χ1n) is 6.24. The quantitative estimate of drug-likeness (QED) is 0.747. The van der Waals surface area contributed by atoms with E-state index in [1.54, 1.807) is 12.1 Å². The zero-order chi connectivity index (χ0) is 13.8. The molecule has 1 aromatic carbocycles. The molecule has 0 spiro atoms. The van der Waals surface area contributed by atoms with Crippen LogP contribution in [-0.2, 0) is 14.9 Å². The maximum atomic E-state index is 13.0. The molecule has 1 rings (SSSR count). The van der Waals surface area contributed by atoms with Crippen molar-refractivity contribution in [1.82, 2.24) is 0 Å². The molecule has 0 saturated carbocycles. The van der Waals surface area contributed by atoms with Gasteiger partial charge in [0, 0.05) is 0 Å². The topological polar surface area (TPSA) is 26.3 Å². The van der Waals surface area contributed by atoms with Gasteiger partial charge < -0.3 is 4.74 Å². The summed E-state index contributed by atoms with van der Waals surface area (Å²) in [5.74, 6) is -0.0565. The average Bonchev–Trinajstić information content (AvgIpc) is 2.35. The monoisotopic (exact) mass is 252 g/mol. The smallest absolute Gasteiger partial charge is 0.315 e. The lowest BCUT2D eigenvalue weighted by Gasteiger charge is -2.28. The molecule has 0 aliphatic carbocycles. The third-order valence-electron chi connectivity index (χ3n) is 3.34. The molecule has 0 N–H and O–H groups in total. The summed E-state index contributed by atoms with van der Waals surface area (Å²) in [6.07, 6.45) is 1.62. The Labute approximate surface area is 108 Å². The van der Waals surface area contributed by atoms with Gasteiger partial charge in [-0.05, 0) is 43.4 Å². The van der Waals surface area contributed by atoms with Crippen molar-refractivity contribution < 1.29 is 13.9 Å². The molecule has 0 saturated heterocycles. The number of methoxy groups -OCH3 is 1. The van der Waals surface area contributed by atoms with E-state index in [9.17, 15) is 9.18 Å². The van der Waals surface area contributed by atoms with Crippen molar-refractivity contribution in [2.45, 2.75) is 39.0 Å². The first kappa shape index (κ1) is 14.7. The summed E-state index contributed by atoms with van der Waals surface area (Å²) in [5.41, 5.74) is 0.101. The minimum absolute atomic E-state index is 0.269. The van der Waals surface area contributed by atoms with E-state index in [-0.39, 0.29) is 11.8 Å². The second kappa shape index (κ2) is 5.98. The van der Waals surface area contributed by atoms with Crippen LogP contribution in [0.3, 0.4) is 0 Å². The van der Waals surface area contributed by atoms with Crippen molar-refractivity contribution >= 4 is 5.97 Å². The fraction of sp³-hybridized carbons (Fsp3) is 0.533. The van der Waals surface area contributed by atoms with Crippen molar-refractivity contribution in [2.75, 3.05) is 7.11 Å². The van der Waals surface area contributed by atoms with E-state index in [2.05, 4.69) is 13.8 Å². The van der Waals surface area contributed by atoms with Crippen LogP contribution in [0.15, 0.2) is 24.3 Å². The van der Waals surface area contributed by atoms with Crippen LogP contribution in [0.1, 0.15) is 39.2 Å². The van der Waals surface area contributed by atoms with E-state index < -0.39 is 5.41 Å². The lowest BCUT2D eigenvalue weighted by atomic mass is 9.77. The Balaban J connectivity index is 3.03. The van der Waals surface area contributed by atoms with Gasteiger partial charge in [-0.2, -0.15) is 0 Å². The van der Waals surface area contributed by atoms with Crippen LogP contribution in [-0.4, -0.2) is 13.1 Å². The van der Waals surface area contributed by atoms with Crippen molar-refractivity contribution in [2.24, 2.45) is 5.92 Å². The van der Waals surface area contributed by atoms with Gasteiger partial charge in [0.05, 0.1) is 12.5 Å². The van der Waals surface area contributed by atoms with Crippen LogP contribution < -0.4 is 0 Å². The summed E-state index contributed by atoms with van der Waals surface area (Å²) < 4.78 is 17.9. The number of carbonyl (C=O) groups excluding carboxylic acids is 1. The van der Waals surface area contributed by atoms with Crippen molar-refractivity contribution in [1.29, 1.82) is 0 Å².